The topological polar surface area (TPSA) is 155 Å². The van der Waals surface area contributed by atoms with Crippen LogP contribution in [0.1, 0.15) is 157 Å². The number of nitrogens with one attached hydrogen (secondary N) is 1. The van der Waals surface area contributed by atoms with E-state index in [1.54, 1.807) is 21.3 Å². The Morgan fingerprint density at radius 1 is 0.448 bits per heavy atom. The van der Waals surface area contributed by atoms with Crippen molar-refractivity contribution in [2.24, 2.45) is 0 Å². The molecule has 18 nitrogen and oxygen atoms in total. The number of nitrogens with zero attached hydrogens (tertiary/aromatic N) is 12. The predicted molar refractivity (Wildman–Crippen MR) is 431 cm³/mol. The summed E-state index contributed by atoms with van der Waals surface area (Å²) in [7, 11) is 7.50. The Balaban J connectivity index is 0.000000133. The van der Waals surface area contributed by atoms with Crippen molar-refractivity contribution in [1.29, 1.82) is 0 Å². The molecule has 3 aliphatic carbocycles. The lowest BCUT2D eigenvalue weighted by Gasteiger charge is -2.34. The molecule has 19 heteroatoms. The van der Waals surface area contributed by atoms with Gasteiger partial charge in [0.2, 0.25) is 0 Å². The number of methoxy groups -OCH3 is 3. The fourth-order valence-electron chi connectivity index (χ4n) is 16.1. The van der Waals surface area contributed by atoms with E-state index in [4.69, 9.17) is 53.6 Å². The van der Waals surface area contributed by atoms with Gasteiger partial charge in [0, 0.05) is 147 Å². The van der Waals surface area contributed by atoms with Crippen LogP contribution in [-0.4, -0.2) is 186 Å². The maximum absolute atomic E-state index is 5.67. The van der Waals surface area contributed by atoms with E-state index in [1.807, 2.05) is 6.07 Å². The van der Waals surface area contributed by atoms with Gasteiger partial charge in [-0.05, 0) is 184 Å². The van der Waals surface area contributed by atoms with Gasteiger partial charge in [0.25, 0.3) is 0 Å². The second-order valence-electron chi connectivity index (χ2n) is 31.2. The summed E-state index contributed by atoms with van der Waals surface area (Å²) in [5.41, 5.74) is 9.95. The Hall–Kier alpha value is -7.94. The molecule has 0 atom stereocenters. The van der Waals surface area contributed by atoms with Crippen LogP contribution in [-0.2, 0) is 25.7 Å². The Labute approximate surface area is 631 Å². The molecular formula is C86H110BrN13O5. The number of aromatic nitrogens is 6. The highest BCUT2D eigenvalue weighted by atomic mass is 79.9. The van der Waals surface area contributed by atoms with Gasteiger partial charge in [-0.1, -0.05) is 98.7 Å². The van der Waals surface area contributed by atoms with Gasteiger partial charge in [-0.25, -0.2) is 29.9 Å². The minimum absolute atomic E-state index is 0. The Morgan fingerprint density at radius 2 is 0.810 bits per heavy atom. The molecule has 6 aromatic carbocycles. The van der Waals surface area contributed by atoms with Gasteiger partial charge in [-0.15, -0.1) is 0 Å². The maximum atomic E-state index is 5.67. The first-order valence-corrected chi connectivity index (χ1v) is 39.3. The van der Waals surface area contributed by atoms with Crippen molar-refractivity contribution in [2.45, 2.75) is 139 Å². The molecule has 5 aliphatic heterocycles. The van der Waals surface area contributed by atoms with Gasteiger partial charge in [-0.3, -0.25) is 9.80 Å². The number of anilines is 5. The summed E-state index contributed by atoms with van der Waals surface area (Å²) >= 11 is 3.63. The van der Waals surface area contributed by atoms with Gasteiger partial charge >= 0.3 is 0 Å². The molecule has 5 saturated heterocycles. The number of hydrogen-bond donors (Lipinski definition) is 1. The summed E-state index contributed by atoms with van der Waals surface area (Å²) in [6.07, 6.45) is 13.7. The molecule has 1 N–H and O–H groups in total. The zero-order chi connectivity index (χ0) is 71.4. The molecule has 8 fully saturated rings. The number of morpholine rings is 2. The van der Waals surface area contributed by atoms with Crippen molar-refractivity contribution in [3.05, 3.63) is 166 Å². The molecule has 8 aliphatic rings. The first-order valence-electron chi connectivity index (χ1n) is 38.6. The Morgan fingerprint density at radius 3 is 1.21 bits per heavy atom. The average molecular weight is 1490 g/mol. The predicted octanol–water partition coefficient (Wildman–Crippen LogP) is 16.1. The van der Waals surface area contributed by atoms with Crippen molar-refractivity contribution in [2.75, 3.05) is 171 Å². The quantitative estimate of drug-likeness (QED) is 0.0768. The number of hydrogen-bond acceptors (Lipinski definition) is 18. The standard InChI is InChI=1S/C31H41N5O2.C30H39N5O2.C24H26BrN3O.CH4/c1-31(12-13-31)30-32-27-9-8-24(34(2)16-17-35-18-20-38-21-19-35)22-26(27)29(33-30)36-14-10-23(11-15-36)25-6-4-5-7-28(25)37-3;1-30(11-12-30)29-32-26-8-7-23(31-13-16-34-17-19-37-20-18-34)21-25(26)28(33-29)35-14-9-22(10-15-35)24-5-3-4-6-27(24)36-2;1-24(11-12-24)23-26-20-8-7-17(25)15-19(20)22(27-23)28-13-9-16(10-14-28)18-5-3-4-6-21(18)29-2;/h4-9,22-23H,10-21H2,1-3H3;3-8,21-22,31H,9-20H2,1-2H3;3-8,15-16H,9-14H2,1-2H3;1H4. The third-order valence-corrected chi connectivity index (χ3v) is 24.4. The Bertz CT molecular complexity index is 4440. The van der Waals surface area contributed by atoms with Crippen LogP contribution < -0.4 is 39.1 Å². The third kappa shape index (κ3) is 16.9. The summed E-state index contributed by atoms with van der Waals surface area (Å²) in [4.78, 5) is 45.4. The van der Waals surface area contributed by atoms with Gasteiger partial charge in [-0.2, -0.15) is 0 Å². The lowest BCUT2D eigenvalue weighted by molar-refractivity contribution is 0.0393. The first kappa shape index (κ1) is 73.9. The zero-order valence-corrected chi connectivity index (χ0v) is 63.9. The first-order chi connectivity index (χ1) is 50.7. The summed E-state index contributed by atoms with van der Waals surface area (Å²) in [5.74, 6) is 10.9. The van der Waals surface area contributed by atoms with E-state index in [0.29, 0.717) is 17.8 Å². The monoisotopic (exact) mass is 1480 g/mol. The second-order valence-corrected chi connectivity index (χ2v) is 32.1. The van der Waals surface area contributed by atoms with Crippen LogP contribution in [0.2, 0.25) is 0 Å². The lowest BCUT2D eigenvalue weighted by atomic mass is 9.88. The summed E-state index contributed by atoms with van der Waals surface area (Å²) in [5, 5.41) is 7.11. The van der Waals surface area contributed by atoms with E-state index in [0.717, 1.165) is 246 Å². The van der Waals surface area contributed by atoms with Crippen molar-refractivity contribution in [3.63, 3.8) is 0 Å². The molecular weight excluding hydrogens is 1370 g/mol. The number of halogens is 1. The number of para-hydroxylation sites is 3. The molecule has 0 radical (unpaired) electrons. The van der Waals surface area contributed by atoms with Gasteiger partial charge < -0.3 is 48.6 Å². The fraction of sp³-hybridized carbons (Fsp3) is 0.512. The van der Waals surface area contributed by atoms with Crippen molar-refractivity contribution < 1.29 is 23.7 Å². The number of fused-ring (bicyclic) bond motifs is 3. The number of ether oxygens (including phenoxy) is 5. The summed E-state index contributed by atoms with van der Waals surface area (Å²) in [6, 6.07) is 45.1. The maximum Gasteiger partial charge on any atom is 0.140 e. The van der Waals surface area contributed by atoms with E-state index in [9.17, 15) is 0 Å². The number of rotatable bonds is 20. The van der Waals surface area contributed by atoms with Crippen LogP contribution in [0.3, 0.4) is 0 Å². The van der Waals surface area contributed by atoms with E-state index in [-0.39, 0.29) is 23.7 Å². The average Bonchev–Trinajstić information content (AvgIpc) is 1.73. The van der Waals surface area contributed by atoms with Crippen LogP contribution in [0.15, 0.2) is 132 Å². The highest BCUT2D eigenvalue weighted by molar-refractivity contribution is 9.10. The third-order valence-electron chi connectivity index (χ3n) is 23.9. The van der Waals surface area contributed by atoms with Crippen molar-refractivity contribution in [3.8, 4) is 17.2 Å². The zero-order valence-electron chi connectivity index (χ0n) is 62.4. The van der Waals surface area contributed by atoms with Gasteiger partial charge in [0.1, 0.15) is 52.2 Å². The Kier molecular flexibility index (Phi) is 23.0. The molecule has 0 spiro atoms. The molecule has 8 heterocycles. The number of likely N-dealkylation sites (N-methyl/N-ethyl adjacent to an activating group) is 1. The number of piperidine rings is 3. The summed E-state index contributed by atoms with van der Waals surface area (Å²) < 4.78 is 29.0. The van der Waals surface area contributed by atoms with Crippen LogP contribution >= 0.6 is 15.9 Å². The van der Waals surface area contributed by atoms with E-state index < -0.39 is 0 Å². The molecule has 105 heavy (non-hydrogen) atoms. The van der Waals surface area contributed by atoms with Crippen molar-refractivity contribution in [1.82, 2.24) is 39.7 Å². The van der Waals surface area contributed by atoms with E-state index in [1.165, 1.54) is 66.3 Å². The SMILES string of the molecule is C.COc1ccccc1C1CCN(c2nc(C3(C)CC3)nc3ccc(Br)cc23)CC1.COc1ccccc1C1CCN(c2nc(C3(C)CC3)nc3ccc(N(C)CCN4CCOCC4)cc23)CC1.COc1ccccc1C1CCN(c2nc(C3(C)CC3)nc3ccc(NCCN4CCOCC4)cc23)CC1. The van der Waals surface area contributed by atoms with E-state index in [2.05, 4.69) is 200 Å². The highest BCUT2D eigenvalue weighted by Crippen LogP contribution is 2.51. The largest absolute Gasteiger partial charge is 0.496 e. The molecule has 0 amide bonds. The van der Waals surface area contributed by atoms with Gasteiger partial charge in [0.05, 0.1) is 64.3 Å². The molecule has 0 unspecified atom stereocenters. The second kappa shape index (κ2) is 32.6. The molecule has 3 saturated carbocycles. The van der Waals surface area contributed by atoms with Gasteiger partial charge in [0.15, 0.2) is 0 Å². The molecule has 9 aromatic rings. The summed E-state index contributed by atoms with van der Waals surface area (Å²) in [6.45, 7) is 24.3. The highest BCUT2D eigenvalue weighted by Gasteiger charge is 2.45. The fourth-order valence-corrected chi connectivity index (χ4v) is 16.4. The minimum Gasteiger partial charge on any atom is -0.496 e. The van der Waals surface area contributed by atoms with Crippen LogP contribution in [0.4, 0.5) is 28.8 Å². The molecule has 556 valence electrons. The van der Waals surface area contributed by atoms with Crippen LogP contribution in [0.25, 0.3) is 32.7 Å². The minimum atomic E-state index is 0. The molecule has 3 aromatic heterocycles. The lowest BCUT2D eigenvalue weighted by Crippen LogP contribution is -2.40. The van der Waals surface area contributed by atoms with Crippen LogP contribution in [0, 0.1) is 0 Å². The van der Waals surface area contributed by atoms with Crippen molar-refractivity contribution >= 4 is 77.5 Å². The van der Waals surface area contributed by atoms with E-state index >= 15 is 0 Å². The normalized spacial score (nSPS) is 19.6. The molecule has 0 bridgehead atoms. The van der Waals surface area contributed by atoms with Crippen LogP contribution in [0.5, 0.6) is 17.2 Å². The smallest absolute Gasteiger partial charge is 0.140 e. The molecule has 17 rings (SSSR count). The number of benzene rings is 6.